The molecular weight excluding hydrogens is 266 g/mol. The number of anilines is 2. The van der Waals surface area contributed by atoms with Crippen LogP contribution in [0.3, 0.4) is 0 Å². The molecule has 1 amide bonds. The predicted octanol–water partition coefficient (Wildman–Crippen LogP) is 2.24. The maximum absolute atomic E-state index is 12.1. The van der Waals surface area contributed by atoms with Gasteiger partial charge < -0.3 is 11.1 Å². The molecule has 2 heterocycles. The van der Waals surface area contributed by atoms with E-state index in [4.69, 9.17) is 5.73 Å². The summed E-state index contributed by atoms with van der Waals surface area (Å²) in [5.74, 6) is -0.109. The lowest BCUT2D eigenvalue weighted by atomic mass is 10.2. The maximum atomic E-state index is 12.1. The topological polar surface area (TPSA) is 85.8 Å². The van der Waals surface area contributed by atoms with Gasteiger partial charge >= 0.3 is 0 Å². The van der Waals surface area contributed by atoms with Crippen LogP contribution in [0, 0.1) is 13.8 Å². The van der Waals surface area contributed by atoms with Crippen LogP contribution in [0.4, 0.5) is 11.4 Å². The fourth-order valence-corrected chi connectivity index (χ4v) is 2.24. The monoisotopic (exact) mass is 287 g/mol. The highest BCUT2D eigenvalue weighted by molar-refractivity contribution is 5.93. The first-order valence-corrected chi connectivity index (χ1v) is 6.94. The van der Waals surface area contributed by atoms with Gasteiger partial charge in [0.25, 0.3) is 0 Å². The summed E-state index contributed by atoms with van der Waals surface area (Å²) in [5, 5.41) is 7.37. The SMILES string of the molecule is Cc1nn(C(C)C)c(C)c1NC(=O)Cc1ccc(N)cn1. The Bertz CT molecular complexity index is 643. The van der Waals surface area contributed by atoms with Crippen LogP contribution < -0.4 is 11.1 Å². The normalized spacial score (nSPS) is 10.9. The average molecular weight is 287 g/mol. The van der Waals surface area contributed by atoms with Crippen LogP contribution in [0.15, 0.2) is 18.3 Å². The van der Waals surface area contributed by atoms with Crippen molar-refractivity contribution in [1.82, 2.24) is 14.8 Å². The Morgan fingerprint density at radius 1 is 1.38 bits per heavy atom. The van der Waals surface area contributed by atoms with Gasteiger partial charge in [-0.15, -0.1) is 0 Å². The van der Waals surface area contributed by atoms with Gasteiger partial charge in [-0.2, -0.15) is 5.10 Å². The smallest absolute Gasteiger partial charge is 0.230 e. The number of nitrogens with two attached hydrogens (primary N) is 1. The van der Waals surface area contributed by atoms with Crippen LogP contribution in [0.2, 0.25) is 0 Å². The fourth-order valence-electron chi connectivity index (χ4n) is 2.24. The standard InChI is InChI=1S/C15H21N5O/c1-9(2)20-11(4)15(10(3)19-20)18-14(21)7-13-6-5-12(16)8-17-13/h5-6,8-9H,7,16H2,1-4H3,(H,18,21). The van der Waals surface area contributed by atoms with Gasteiger partial charge in [-0.1, -0.05) is 0 Å². The van der Waals surface area contributed by atoms with E-state index in [1.807, 2.05) is 18.5 Å². The number of hydrogen-bond donors (Lipinski definition) is 2. The summed E-state index contributed by atoms with van der Waals surface area (Å²) in [6.45, 7) is 7.96. The van der Waals surface area contributed by atoms with Gasteiger partial charge in [0.15, 0.2) is 0 Å². The number of aromatic nitrogens is 3. The van der Waals surface area contributed by atoms with Gasteiger partial charge in [0.05, 0.1) is 35.4 Å². The van der Waals surface area contributed by atoms with Gasteiger partial charge in [0.2, 0.25) is 5.91 Å². The van der Waals surface area contributed by atoms with E-state index in [1.54, 1.807) is 18.3 Å². The van der Waals surface area contributed by atoms with Crippen molar-refractivity contribution in [3.05, 3.63) is 35.4 Å². The molecule has 0 fully saturated rings. The molecule has 0 radical (unpaired) electrons. The molecule has 2 rings (SSSR count). The zero-order valence-corrected chi connectivity index (χ0v) is 12.8. The Hall–Kier alpha value is -2.37. The van der Waals surface area contributed by atoms with E-state index in [0.29, 0.717) is 11.4 Å². The van der Waals surface area contributed by atoms with Crippen LogP contribution in [-0.4, -0.2) is 20.7 Å². The molecule has 0 spiro atoms. The van der Waals surface area contributed by atoms with Gasteiger partial charge in [-0.3, -0.25) is 14.5 Å². The molecular formula is C15H21N5O. The second kappa shape index (κ2) is 5.95. The van der Waals surface area contributed by atoms with Crippen LogP contribution in [0.5, 0.6) is 0 Å². The van der Waals surface area contributed by atoms with Crippen molar-refractivity contribution >= 4 is 17.3 Å². The molecule has 0 bridgehead atoms. The molecule has 0 saturated carbocycles. The molecule has 0 unspecified atom stereocenters. The number of rotatable bonds is 4. The van der Waals surface area contributed by atoms with Crippen molar-refractivity contribution in [2.45, 2.75) is 40.2 Å². The first-order valence-electron chi connectivity index (χ1n) is 6.94. The zero-order valence-electron chi connectivity index (χ0n) is 12.8. The van der Waals surface area contributed by atoms with Crippen LogP contribution >= 0.6 is 0 Å². The lowest BCUT2D eigenvalue weighted by molar-refractivity contribution is -0.115. The van der Waals surface area contributed by atoms with Crippen molar-refractivity contribution in [2.24, 2.45) is 0 Å². The predicted molar refractivity (Wildman–Crippen MR) is 83.1 cm³/mol. The van der Waals surface area contributed by atoms with E-state index >= 15 is 0 Å². The minimum atomic E-state index is -0.109. The van der Waals surface area contributed by atoms with Crippen molar-refractivity contribution in [3.63, 3.8) is 0 Å². The Kier molecular flexibility index (Phi) is 4.26. The Balaban J connectivity index is 2.11. The summed E-state index contributed by atoms with van der Waals surface area (Å²) in [6, 6.07) is 3.75. The summed E-state index contributed by atoms with van der Waals surface area (Å²) in [5.41, 5.74) is 9.41. The summed E-state index contributed by atoms with van der Waals surface area (Å²) >= 11 is 0. The number of hydrogen-bond acceptors (Lipinski definition) is 4. The number of nitrogen functional groups attached to an aromatic ring is 1. The van der Waals surface area contributed by atoms with E-state index in [9.17, 15) is 4.79 Å². The summed E-state index contributed by atoms with van der Waals surface area (Å²) in [4.78, 5) is 16.3. The number of nitrogens with one attached hydrogen (secondary N) is 1. The van der Waals surface area contributed by atoms with E-state index < -0.39 is 0 Å². The maximum Gasteiger partial charge on any atom is 0.230 e. The zero-order chi connectivity index (χ0) is 15.6. The van der Waals surface area contributed by atoms with Crippen molar-refractivity contribution in [2.75, 3.05) is 11.1 Å². The molecule has 2 aromatic heterocycles. The third-order valence-electron chi connectivity index (χ3n) is 3.27. The average Bonchev–Trinajstić information content (AvgIpc) is 2.69. The van der Waals surface area contributed by atoms with Gasteiger partial charge in [-0.05, 0) is 39.8 Å². The number of aryl methyl sites for hydroxylation is 1. The quantitative estimate of drug-likeness (QED) is 0.903. The highest BCUT2D eigenvalue weighted by atomic mass is 16.1. The lowest BCUT2D eigenvalue weighted by Crippen LogP contribution is -2.16. The highest BCUT2D eigenvalue weighted by Crippen LogP contribution is 2.22. The van der Waals surface area contributed by atoms with Crippen LogP contribution in [0.1, 0.15) is 37.0 Å². The number of carbonyl (C=O) groups excluding carboxylic acids is 1. The largest absolute Gasteiger partial charge is 0.397 e. The molecule has 6 heteroatoms. The molecule has 6 nitrogen and oxygen atoms in total. The van der Waals surface area contributed by atoms with Crippen molar-refractivity contribution in [1.29, 1.82) is 0 Å². The number of pyridine rings is 1. The van der Waals surface area contributed by atoms with E-state index in [-0.39, 0.29) is 18.4 Å². The lowest BCUT2D eigenvalue weighted by Gasteiger charge is -2.09. The summed E-state index contributed by atoms with van der Waals surface area (Å²) < 4.78 is 1.91. The van der Waals surface area contributed by atoms with Crippen molar-refractivity contribution in [3.8, 4) is 0 Å². The molecule has 3 N–H and O–H groups in total. The minimum absolute atomic E-state index is 0.109. The third kappa shape index (κ3) is 3.39. The summed E-state index contributed by atoms with van der Waals surface area (Å²) in [6.07, 6.45) is 1.77. The molecule has 0 atom stereocenters. The molecule has 0 aliphatic rings. The van der Waals surface area contributed by atoms with Crippen LogP contribution in [0.25, 0.3) is 0 Å². The summed E-state index contributed by atoms with van der Waals surface area (Å²) in [7, 11) is 0. The van der Waals surface area contributed by atoms with Crippen molar-refractivity contribution < 1.29 is 4.79 Å². The Morgan fingerprint density at radius 2 is 2.10 bits per heavy atom. The molecule has 112 valence electrons. The molecule has 2 aromatic rings. The Labute approximate surface area is 124 Å². The second-order valence-electron chi connectivity index (χ2n) is 5.39. The first-order chi connectivity index (χ1) is 9.88. The van der Waals surface area contributed by atoms with E-state index in [1.165, 1.54) is 0 Å². The number of nitrogens with zero attached hydrogens (tertiary/aromatic N) is 3. The molecule has 0 saturated heterocycles. The van der Waals surface area contributed by atoms with Gasteiger partial charge in [0, 0.05) is 11.7 Å². The highest BCUT2D eigenvalue weighted by Gasteiger charge is 2.16. The molecule has 0 aliphatic heterocycles. The first kappa shape index (κ1) is 15.0. The van der Waals surface area contributed by atoms with E-state index in [0.717, 1.165) is 17.1 Å². The fraction of sp³-hybridized carbons (Fsp3) is 0.400. The molecule has 0 aromatic carbocycles. The number of amides is 1. The van der Waals surface area contributed by atoms with Crippen LogP contribution in [-0.2, 0) is 11.2 Å². The van der Waals surface area contributed by atoms with Gasteiger partial charge in [0.1, 0.15) is 0 Å². The third-order valence-corrected chi connectivity index (χ3v) is 3.27. The molecule has 0 aliphatic carbocycles. The number of carbonyl (C=O) groups is 1. The van der Waals surface area contributed by atoms with Gasteiger partial charge in [-0.25, -0.2) is 0 Å². The Morgan fingerprint density at radius 3 is 2.62 bits per heavy atom. The minimum Gasteiger partial charge on any atom is -0.397 e. The molecule has 21 heavy (non-hydrogen) atoms. The second-order valence-corrected chi connectivity index (χ2v) is 5.39. The van der Waals surface area contributed by atoms with E-state index in [2.05, 4.69) is 29.2 Å².